The van der Waals surface area contributed by atoms with Crippen LogP contribution in [0.2, 0.25) is 0 Å². The lowest BCUT2D eigenvalue weighted by Crippen LogP contribution is -2.23. The second-order valence-corrected chi connectivity index (χ2v) is 14.1. The van der Waals surface area contributed by atoms with Crippen molar-refractivity contribution in [3.8, 4) is 23.0 Å². The van der Waals surface area contributed by atoms with E-state index in [0.29, 0.717) is 82.8 Å². The van der Waals surface area contributed by atoms with E-state index in [-0.39, 0.29) is 79.9 Å². The van der Waals surface area contributed by atoms with Crippen LogP contribution in [0.3, 0.4) is 0 Å². The number of carbonyl (C=O) groups is 1. The summed E-state index contributed by atoms with van der Waals surface area (Å²) >= 11 is 0. The van der Waals surface area contributed by atoms with E-state index in [1.54, 1.807) is 6.92 Å². The Kier molecular flexibility index (Phi) is 21.9. The summed E-state index contributed by atoms with van der Waals surface area (Å²) in [5.41, 5.74) is 24.7. The van der Waals surface area contributed by atoms with E-state index < -0.39 is 53.6 Å². The molecule has 60 heavy (non-hydrogen) atoms. The van der Waals surface area contributed by atoms with Gasteiger partial charge in [0.05, 0.1) is 43.4 Å². The summed E-state index contributed by atoms with van der Waals surface area (Å²) in [5.74, 6) is -2.09. The first-order valence-corrected chi connectivity index (χ1v) is 19.8. The molecule has 0 amide bonds. The van der Waals surface area contributed by atoms with Crippen LogP contribution in [-0.2, 0) is 30.0 Å². The molecule has 0 radical (unpaired) electrons. The van der Waals surface area contributed by atoms with Crippen LogP contribution in [-0.4, -0.2) is 68.8 Å². The molecule has 2 aromatic rings. The molecule has 0 fully saturated rings. The van der Waals surface area contributed by atoms with Gasteiger partial charge in [-0.2, -0.15) is 26.3 Å². The van der Waals surface area contributed by atoms with Crippen molar-refractivity contribution in [1.82, 2.24) is 0 Å². The molecule has 12 N–H and O–H groups in total. The molecule has 0 atom stereocenters. The average molecular weight is 860 g/mol. The maximum Gasteiger partial charge on any atom is 0.419 e. The number of halogens is 6. The van der Waals surface area contributed by atoms with Crippen molar-refractivity contribution in [3.05, 3.63) is 46.5 Å². The number of aliphatic imine (C=N–C) groups is 2. The van der Waals surface area contributed by atoms with Gasteiger partial charge >= 0.3 is 12.4 Å². The van der Waals surface area contributed by atoms with E-state index in [2.05, 4.69) is 9.98 Å². The second-order valence-electron chi connectivity index (χ2n) is 14.1. The van der Waals surface area contributed by atoms with Gasteiger partial charge in [-0.25, -0.2) is 0 Å². The summed E-state index contributed by atoms with van der Waals surface area (Å²) in [4.78, 5) is 21.5. The lowest BCUT2D eigenvalue weighted by atomic mass is 9.97. The fourth-order valence-electron chi connectivity index (χ4n) is 5.76. The second kappa shape index (κ2) is 25.9. The predicted molar refractivity (Wildman–Crippen MR) is 219 cm³/mol. The molecule has 0 aliphatic heterocycles. The highest BCUT2D eigenvalue weighted by molar-refractivity contribution is 5.85. The minimum absolute atomic E-state index is 0.0000451. The summed E-state index contributed by atoms with van der Waals surface area (Å²) in [7, 11) is 0. The zero-order chi connectivity index (χ0) is 44.7. The topological polar surface area (TPSA) is 257 Å². The minimum atomic E-state index is -4.90. The number of ether oxygens (including phenoxy) is 4. The van der Waals surface area contributed by atoms with Crippen molar-refractivity contribution in [2.24, 2.45) is 38.7 Å². The van der Waals surface area contributed by atoms with Crippen molar-refractivity contribution in [1.29, 1.82) is 10.8 Å². The third-order valence-corrected chi connectivity index (χ3v) is 8.72. The van der Waals surface area contributed by atoms with Gasteiger partial charge in [-0.1, -0.05) is 0 Å². The van der Waals surface area contributed by atoms with E-state index in [1.807, 2.05) is 0 Å². The Morgan fingerprint density at radius 2 is 0.917 bits per heavy atom. The molecule has 14 nitrogen and oxygen atoms in total. The predicted octanol–water partition coefficient (Wildman–Crippen LogP) is 6.80. The highest BCUT2D eigenvalue weighted by atomic mass is 19.4. The number of unbranched alkanes of at least 4 members (excludes halogenated alkanes) is 6. The molecule has 0 spiro atoms. The van der Waals surface area contributed by atoms with Gasteiger partial charge in [0.2, 0.25) is 0 Å². The molecule has 2 rings (SSSR count). The third kappa shape index (κ3) is 20.5. The lowest BCUT2D eigenvalue weighted by Gasteiger charge is -2.20. The maximum atomic E-state index is 14.5. The number of amidine groups is 1. The largest absolute Gasteiger partial charge is 0.493 e. The normalized spacial score (nSPS) is 11.4. The highest BCUT2D eigenvalue weighted by Gasteiger charge is 2.37. The Hall–Kier alpha value is -5.43. The van der Waals surface area contributed by atoms with Gasteiger partial charge < -0.3 is 53.0 Å². The Balaban J connectivity index is 2.47. The Bertz CT molecular complexity index is 1620. The van der Waals surface area contributed by atoms with Crippen LogP contribution >= 0.6 is 0 Å². The molecule has 0 unspecified atom stereocenters. The molecule has 0 saturated carbocycles. The number of benzene rings is 2. The smallest absolute Gasteiger partial charge is 0.419 e. The SMILES string of the molecule is CC(=N)CCCCCOc1cc(OCCCCN=C(N)N)c(CC(=O)Cc2cc(C(F)(F)F)c(OCCCCCC(=N)N)cc2OCCCCN=C(N)N)cc1C(F)(F)F. The standard InChI is InChI=1S/C40H59F6N9O5/c1-26(47)12-4-2-8-16-59-34-24-32(57-18-10-6-14-54-37(50)51)27(22-30(34)39(41,42)43)20-29(56)21-28-23-31(40(44,45)46)35(60-17-9-3-5-13-36(48)49)25-33(28)58-19-11-7-15-55-38(52)53/h22-25,47H,2-21H2,1H3,(H3,48,49)(H4,50,51,54)(H4,52,53,55). The summed E-state index contributed by atoms with van der Waals surface area (Å²) in [6, 6.07) is 3.66. The Morgan fingerprint density at radius 1 is 0.550 bits per heavy atom. The number of nitrogens with two attached hydrogens (primary N) is 5. The molecule has 0 saturated heterocycles. The molecule has 0 bridgehead atoms. The van der Waals surface area contributed by atoms with Crippen LogP contribution in [0.4, 0.5) is 26.3 Å². The first-order chi connectivity index (χ1) is 28.3. The fourth-order valence-corrected chi connectivity index (χ4v) is 5.76. The van der Waals surface area contributed by atoms with Gasteiger partial charge in [0, 0.05) is 61.3 Å². The Morgan fingerprint density at radius 3 is 1.27 bits per heavy atom. The number of rotatable bonds is 30. The zero-order valence-corrected chi connectivity index (χ0v) is 34.0. The van der Waals surface area contributed by atoms with Crippen LogP contribution in [0.15, 0.2) is 34.3 Å². The molecule has 336 valence electrons. The van der Waals surface area contributed by atoms with Gasteiger partial charge in [-0.05, 0) is 89.7 Å². The van der Waals surface area contributed by atoms with Gasteiger partial charge in [0.1, 0.15) is 28.8 Å². The van der Waals surface area contributed by atoms with Crippen molar-refractivity contribution in [2.45, 2.75) is 109 Å². The molecule has 0 aliphatic rings. The van der Waals surface area contributed by atoms with E-state index in [4.69, 9.17) is 58.4 Å². The van der Waals surface area contributed by atoms with Crippen molar-refractivity contribution in [2.75, 3.05) is 39.5 Å². The van der Waals surface area contributed by atoms with Crippen LogP contribution in [0.1, 0.15) is 106 Å². The molecule has 0 aromatic heterocycles. The number of nitrogens with one attached hydrogen (secondary N) is 2. The summed E-state index contributed by atoms with van der Waals surface area (Å²) < 4.78 is 110. The number of guanidine groups is 2. The number of hydrogen-bond acceptors (Lipinski definition) is 9. The van der Waals surface area contributed by atoms with Crippen molar-refractivity contribution < 1.29 is 50.1 Å². The third-order valence-electron chi connectivity index (χ3n) is 8.72. The molecular weight excluding hydrogens is 800 g/mol. The van der Waals surface area contributed by atoms with Gasteiger partial charge in [0.25, 0.3) is 0 Å². The van der Waals surface area contributed by atoms with Crippen LogP contribution in [0, 0.1) is 10.8 Å². The molecule has 0 aliphatic carbocycles. The van der Waals surface area contributed by atoms with Gasteiger partial charge in [0.15, 0.2) is 11.9 Å². The number of nitrogens with zero attached hydrogens (tertiary/aromatic N) is 2. The number of alkyl halides is 6. The van der Waals surface area contributed by atoms with E-state index in [9.17, 15) is 31.1 Å². The maximum absolute atomic E-state index is 14.5. The monoisotopic (exact) mass is 859 g/mol. The molecule has 2 aromatic carbocycles. The Labute approximate surface area is 346 Å². The van der Waals surface area contributed by atoms with Gasteiger partial charge in [-0.15, -0.1) is 0 Å². The quantitative estimate of drug-likeness (QED) is 0.0187. The van der Waals surface area contributed by atoms with E-state index >= 15 is 0 Å². The number of hydrogen-bond donors (Lipinski definition) is 7. The van der Waals surface area contributed by atoms with Crippen molar-refractivity contribution in [3.63, 3.8) is 0 Å². The molecule has 20 heteroatoms. The van der Waals surface area contributed by atoms with Crippen molar-refractivity contribution >= 4 is 29.2 Å². The molecular formula is C40H59F6N9O5. The fraction of sp³-hybridized carbons (Fsp3) is 0.575. The summed E-state index contributed by atoms with van der Waals surface area (Å²) in [6.07, 6.45) is -5.22. The van der Waals surface area contributed by atoms with E-state index in [0.717, 1.165) is 24.3 Å². The number of Topliss-reactive ketones (excluding diaryl/α,β-unsaturated/α-hetero) is 1. The number of carbonyl (C=O) groups excluding carboxylic acids is 1. The lowest BCUT2D eigenvalue weighted by molar-refractivity contribution is -0.139. The highest BCUT2D eigenvalue weighted by Crippen LogP contribution is 2.42. The average Bonchev–Trinajstić information content (AvgIpc) is 3.13. The van der Waals surface area contributed by atoms with Gasteiger partial charge in [-0.3, -0.25) is 20.2 Å². The number of ketones is 1. The van der Waals surface area contributed by atoms with Crippen LogP contribution in [0.5, 0.6) is 23.0 Å². The van der Waals surface area contributed by atoms with Crippen LogP contribution < -0.4 is 47.6 Å². The first kappa shape index (κ1) is 50.7. The van der Waals surface area contributed by atoms with Crippen LogP contribution in [0.25, 0.3) is 0 Å². The molecule has 0 heterocycles. The van der Waals surface area contributed by atoms with E-state index in [1.165, 1.54) is 0 Å². The minimum Gasteiger partial charge on any atom is -0.493 e. The summed E-state index contributed by atoms with van der Waals surface area (Å²) in [5, 5.41) is 14.9. The summed E-state index contributed by atoms with van der Waals surface area (Å²) in [6.45, 7) is 2.12. The zero-order valence-electron chi connectivity index (χ0n) is 34.0. The first-order valence-electron chi connectivity index (χ1n) is 19.8.